The Hall–Kier alpha value is -0.380. The average Bonchev–Trinajstić information content (AvgIpc) is 2.66. The summed E-state index contributed by atoms with van der Waals surface area (Å²) in [6.07, 6.45) is 4.60. The summed E-state index contributed by atoms with van der Waals surface area (Å²) in [5.74, 6) is 0.889. The Morgan fingerprint density at radius 3 is 2.80 bits per heavy atom. The van der Waals surface area contributed by atoms with Crippen LogP contribution < -0.4 is 5.73 Å². The van der Waals surface area contributed by atoms with E-state index in [0.717, 1.165) is 12.3 Å². The van der Waals surface area contributed by atoms with Crippen molar-refractivity contribution in [3.63, 3.8) is 0 Å². The van der Waals surface area contributed by atoms with Gasteiger partial charge in [-0.1, -0.05) is 25.3 Å². The van der Waals surface area contributed by atoms with Crippen LogP contribution >= 0.6 is 11.3 Å². The van der Waals surface area contributed by atoms with E-state index >= 15 is 0 Å². The van der Waals surface area contributed by atoms with Crippen molar-refractivity contribution in [3.05, 3.63) is 22.4 Å². The van der Waals surface area contributed by atoms with E-state index in [1.54, 1.807) is 11.3 Å². The van der Waals surface area contributed by atoms with Gasteiger partial charge in [-0.05, 0) is 23.8 Å². The van der Waals surface area contributed by atoms with E-state index in [1.807, 2.05) is 11.4 Å². The number of hydrogen-bond donors (Lipinski definition) is 2. The monoisotopic (exact) mass is 225 g/mol. The molecule has 0 radical (unpaired) electrons. The maximum atomic E-state index is 10.1. The molecule has 3 heteroatoms. The predicted octanol–water partition coefficient (Wildman–Crippen LogP) is 2.34. The molecule has 0 aromatic carbocycles. The second-order valence-electron chi connectivity index (χ2n) is 4.46. The molecule has 1 aliphatic carbocycles. The first-order valence-corrected chi connectivity index (χ1v) is 6.60. The number of aliphatic hydroxyl groups excluding tert-OH is 1. The lowest BCUT2D eigenvalue weighted by Gasteiger charge is -2.30. The van der Waals surface area contributed by atoms with Crippen LogP contribution in [0.15, 0.2) is 17.5 Å². The van der Waals surface area contributed by atoms with Gasteiger partial charge in [-0.2, -0.15) is 0 Å². The van der Waals surface area contributed by atoms with Crippen LogP contribution in [0.25, 0.3) is 0 Å². The average molecular weight is 225 g/mol. The molecule has 0 spiro atoms. The van der Waals surface area contributed by atoms with Crippen LogP contribution in [0.5, 0.6) is 0 Å². The first-order valence-electron chi connectivity index (χ1n) is 5.72. The minimum atomic E-state index is -0.251. The summed E-state index contributed by atoms with van der Waals surface area (Å²) < 4.78 is 0. The molecular weight excluding hydrogens is 206 g/mol. The molecule has 15 heavy (non-hydrogen) atoms. The van der Waals surface area contributed by atoms with Gasteiger partial charge in [-0.25, -0.2) is 0 Å². The van der Waals surface area contributed by atoms with Crippen LogP contribution in [0.3, 0.4) is 0 Å². The largest absolute Gasteiger partial charge is 0.392 e. The number of rotatable bonds is 5. The normalized spacial score (nSPS) is 20.9. The Kier molecular flexibility index (Phi) is 3.78. The van der Waals surface area contributed by atoms with E-state index in [0.29, 0.717) is 6.54 Å². The zero-order valence-electron chi connectivity index (χ0n) is 8.93. The molecule has 1 aromatic rings. The smallest absolute Gasteiger partial charge is 0.0631 e. The Labute approximate surface area is 95.1 Å². The van der Waals surface area contributed by atoms with Crippen molar-refractivity contribution in [1.82, 2.24) is 0 Å². The van der Waals surface area contributed by atoms with Crippen LogP contribution in [0.1, 0.15) is 36.5 Å². The first-order chi connectivity index (χ1) is 7.31. The lowest BCUT2D eigenvalue weighted by atomic mass is 9.79. The van der Waals surface area contributed by atoms with E-state index in [4.69, 9.17) is 5.73 Å². The van der Waals surface area contributed by atoms with Crippen molar-refractivity contribution in [3.8, 4) is 0 Å². The number of hydrogen-bond acceptors (Lipinski definition) is 3. The molecule has 0 saturated heterocycles. The number of nitrogens with two attached hydrogens (primary N) is 1. The summed E-state index contributed by atoms with van der Waals surface area (Å²) in [7, 11) is 0. The summed E-state index contributed by atoms with van der Waals surface area (Å²) in [5, 5.41) is 12.2. The van der Waals surface area contributed by atoms with Gasteiger partial charge in [0, 0.05) is 17.3 Å². The zero-order valence-corrected chi connectivity index (χ0v) is 9.75. The fraction of sp³-hybridized carbons (Fsp3) is 0.667. The quantitative estimate of drug-likeness (QED) is 0.808. The highest BCUT2D eigenvalue weighted by Crippen LogP contribution is 2.34. The summed E-state index contributed by atoms with van der Waals surface area (Å²) in [5.41, 5.74) is 5.75. The molecule has 1 heterocycles. The third-order valence-corrected chi connectivity index (χ3v) is 4.43. The van der Waals surface area contributed by atoms with E-state index in [-0.39, 0.29) is 12.0 Å². The lowest BCUT2D eigenvalue weighted by Crippen LogP contribution is -2.29. The lowest BCUT2D eigenvalue weighted by molar-refractivity contribution is 0.0961. The molecule has 2 rings (SSSR count). The van der Waals surface area contributed by atoms with Gasteiger partial charge in [0.2, 0.25) is 0 Å². The van der Waals surface area contributed by atoms with Gasteiger partial charge in [-0.3, -0.25) is 0 Å². The zero-order chi connectivity index (χ0) is 10.7. The highest BCUT2D eigenvalue weighted by Gasteiger charge is 2.26. The van der Waals surface area contributed by atoms with Gasteiger partial charge in [-0.15, -0.1) is 11.3 Å². The molecule has 2 unspecified atom stereocenters. The van der Waals surface area contributed by atoms with Gasteiger partial charge in [0.25, 0.3) is 0 Å². The molecule has 1 saturated carbocycles. The van der Waals surface area contributed by atoms with Gasteiger partial charge >= 0.3 is 0 Å². The van der Waals surface area contributed by atoms with Crippen molar-refractivity contribution in [1.29, 1.82) is 0 Å². The fourth-order valence-electron chi connectivity index (χ4n) is 2.20. The molecule has 1 fully saturated rings. The Balaban J connectivity index is 1.93. The van der Waals surface area contributed by atoms with Crippen LogP contribution in [0.2, 0.25) is 0 Å². The Bertz CT molecular complexity index is 282. The van der Waals surface area contributed by atoms with Crippen LogP contribution in [-0.2, 0) is 0 Å². The Morgan fingerprint density at radius 1 is 1.53 bits per heavy atom. The van der Waals surface area contributed by atoms with Crippen LogP contribution in [0, 0.1) is 5.92 Å². The van der Waals surface area contributed by atoms with Crippen molar-refractivity contribution in [2.24, 2.45) is 11.7 Å². The van der Waals surface area contributed by atoms with E-state index in [2.05, 4.69) is 6.07 Å². The van der Waals surface area contributed by atoms with Crippen LogP contribution in [0.4, 0.5) is 0 Å². The predicted molar refractivity (Wildman–Crippen MR) is 64.1 cm³/mol. The molecule has 0 amide bonds. The standard InChI is InChI=1S/C12H19NOS/c13-8-10(12-5-2-6-15-12)11(14)7-9-3-1-4-9/h2,5-6,9-11,14H,1,3-4,7-8,13H2. The SMILES string of the molecule is NCC(c1cccs1)C(O)CC1CCC1. The van der Waals surface area contributed by atoms with E-state index in [9.17, 15) is 5.11 Å². The van der Waals surface area contributed by atoms with E-state index < -0.39 is 0 Å². The highest BCUT2D eigenvalue weighted by atomic mass is 32.1. The minimum absolute atomic E-state index is 0.144. The van der Waals surface area contributed by atoms with Crippen molar-refractivity contribution < 1.29 is 5.11 Å². The van der Waals surface area contributed by atoms with Gasteiger partial charge < -0.3 is 10.8 Å². The molecule has 0 aliphatic heterocycles. The Morgan fingerprint density at radius 2 is 2.33 bits per heavy atom. The summed E-state index contributed by atoms with van der Waals surface area (Å²) in [6, 6.07) is 4.10. The van der Waals surface area contributed by atoms with Crippen molar-refractivity contribution >= 4 is 11.3 Å². The maximum Gasteiger partial charge on any atom is 0.0631 e. The molecule has 84 valence electrons. The molecule has 2 atom stereocenters. The molecule has 1 aliphatic rings. The molecular formula is C12H19NOS. The van der Waals surface area contributed by atoms with E-state index in [1.165, 1.54) is 24.1 Å². The molecule has 2 nitrogen and oxygen atoms in total. The second-order valence-corrected chi connectivity index (χ2v) is 5.44. The highest BCUT2D eigenvalue weighted by molar-refractivity contribution is 7.10. The summed E-state index contributed by atoms with van der Waals surface area (Å²) >= 11 is 1.70. The van der Waals surface area contributed by atoms with Crippen molar-refractivity contribution in [2.75, 3.05) is 6.54 Å². The number of thiophene rings is 1. The fourth-order valence-corrected chi connectivity index (χ4v) is 3.10. The summed E-state index contributed by atoms with van der Waals surface area (Å²) in [4.78, 5) is 1.23. The van der Waals surface area contributed by atoms with Gasteiger partial charge in [0.15, 0.2) is 0 Å². The molecule has 1 aromatic heterocycles. The third-order valence-electron chi connectivity index (χ3n) is 3.43. The van der Waals surface area contributed by atoms with Crippen LogP contribution in [-0.4, -0.2) is 17.8 Å². The van der Waals surface area contributed by atoms with Gasteiger partial charge in [0.1, 0.15) is 0 Å². The maximum absolute atomic E-state index is 10.1. The molecule has 3 N–H and O–H groups in total. The van der Waals surface area contributed by atoms with Gasteiger partial charge in [0.05, 0.1) is 6.10 Å². The number of aliphatic hydroxyl groups is 1. The third kappa shape index (κ3) is 2.60. The topological polar surface area (TPSA) is 46.2 Å². The first kappa shape index (κ1) is 11.1. The van der Waals surface area contributed by atoms with Crippen molar-refractivity contribution in [2.45, 2.75) is 37.7 Å². The second kappa shape index (κ2) is 5.10. The molecule has 0 bridgehead atoms. The minimum Gasteiger partial charge on any atom is -0.392 e. The summed E-state index contributed by atoms with van der Waals surface area (Å²) in [6.45, 7) is 0.550.